The highest BCUT2D eigenvalue weighted by molar-refractivity contribution is 6.31. The van der Waals surface area contributed by atoms with Crippen LogP contribution >= 0.6 is 23.2 Å². The van der Waals surface area contributed by atoms with Gasteiger partial charge >= 0.3 is 0 Å². The molecule has 5 rings (SSSR count). The van der Waals surface area contributed by atoms with Gasteiger partial charge < -0.3 is 0 Å². The first-order valence-corrected chi connectivity index (χ1v) is 6.31. The van der Waals surface area contributed by atoms with Crippen LogP contribution in [0.4, 0.5) is 0 Å². The Morgan fingerprint density at radius 1 is 0.571 bits per heavy atom. The Morgan fingerprint density at radius 3 is 1.29 bits per heavy atom. The predicted octanol–water partition coefficient (Wildman–Crippen LogP) is 3.07. The third kappa shape index (κ3) is 0.695. The lowest BCUT2D eigenvalue weighted by atomic mass is 9.44. The quantitative estimate of drug-likeness (QED) is 0.440. The lowest BCUT2D eigenvalue weighted by Crippen LogP contribution is -2.64. The largest absolute Gasteiger partial charge is 0.121 e. The Morgan fingerprint density at radius 2 is 0.929 bits per heavy atom. The molecule has 0 saturated heterocycles. The molecule has 0 unspecified atom stereocenters. The first-order valence-electron chi connectivity index (χ1n) is 5.44. The summed E-state index contributed by atoms with van der Waals surface area (Å²) >= 11 is 12.6. The predicted molar refractivity (Wildman–Crippen MR) is 58.5 cm³/mol. The second-order valence-corrected chi connectivity index (χ2v) is 6.13. The second kappa shape index (κ2) is 2.41. The number of hydrogen-bond donors (Lipinski definition) is 0. The summed E-state index contributed by atoms with van der Waals surface area (Å²) in [6.45, 7) is 0. The molecule has 2 bridgehead atoms. The molecular formula is C12H12Cl2. The van der Waals surface area contributed by atoms with Crippen molar-refractivity contribution >= 4 is 23.2 Å². The van der Waals surface area contributed by atoms with Crippen LogP contribution < -0.4 is 0 Å². The Balaban J connectivity index is 1.80. The van der Waals surface area contributed by atoms with E-state index in [2.05, 4.69) is 24.3 Å². The SMILES string of the molecule is Cl[C@@H]1[C@H](Cl)[C@@H]2[C@H]3C=C[C@@H]([C@H]4C=C[C@@H]43)[C@@H]12. The van der Waals surface area contributed by atoms with Gasteiger partial charge in [-0.3, -0.25) is 0 Å². The Hall–Kier alpha value is 0.0600. The number of hydrogen-bond acceptors (Lipinski definition) is 0. The molecule has 0 heterocycles. The highest BCUT2D eigenvalue weighted by Crippen LogP contribution is 2.64. The van der Waals surface area contributed by atoms with Crippen molar-refractivity contribution in [1.82, 2.24) is 0 Å². The fourth-order valence-electron chi connectivity index (χ4n) is 4.06. The molecule has 0 aromatic rings. The smallest absolute Gasteiger partial charge is 0.0540 e. The zero-order valence-corrected chi connectivity index (χ0v) is 9.20. The molecule has 5 aliphatic carbocycles. The van der Waals surface area contributed by atoms with E-state index in [0.29, 0.717) is 23.7 Å². The first-order chi connectivity index (χ1) is 6.79. The Bertz CT molecular complexity index is 314. The van der Waals surface area contributed by atoms with Crippen molar-refractivity contribution in [1.29, 1.82) is 0 Å². The van der Waals surface area contributed by atoms with Gasteiger partial charge in [0.1, 0.15) is 0 Å². The monoisotopic (exact) mass is 226 g/mol. The van der Waals surface area contributed by atoms with Gasteiger partial charge in [0.25, 0.3) is 0 Å². The van der Waals surface area contributed by atoms with E-state index in [1.807, 2.05) is 0 Å². The Kier molecular flexibility index (Phi) is 1.42. The van der Waals surface area contributed by atoms with E-state index >= 15 is 0 Å². The van der Waals surface area contributed by atoms with Crippen LogP contribution in [-0.2, 0) is 0 Å². The summed E-state index contributed by atoms with van der Waals surface area (Å²) in [5.74, 6) is 4.30. The fourth-order valence-corrected chi connectivity index (χ4v) is 5.07. The fraction of sp³-hybridized carbons (Fsp3) is 0.667. The lowest BCUT2D eigenvalue weighted by molar-refractivity contribution is -0.0256. The molecule has 0 aromatic heterocycles. The number of allylic oxidation sites excluding steroid dienone is 4. The summed E-state index contributed by atoms with van der Waals surface area (Å²) in [7, 11) is 0. The minimum Gasteiger partial charge on any atom is -0.121 e. The summed E-state index contributed by atoms with van der Waals surface area (Å²) in [5, 5.41) is 0.433. The average molecular weight is 227 g/mol. The van der Waals surface area contributed by atoms with Crippen molar-refractivity contribution in [3.63, 3.8) is 0 Å². The molecule has 0 radical (unpaired) electrons. The maximum absolute atomic E-state index is 6.31. The van der Waals surface area contributed by atoms with Crippen molar-refractivity contribution in [2.45, 2.75) is 10.8 Å². The standard InChI is InChI=1S/C12H12Cl2/c13-11-9-7-3-4-8(10(9)12(11)14)6-2-1-5(6)7/h1-12H/t5-,6-,7-,8-,9+,10+,11-,12+/m0/s1. The van der Waals surface area contributed by atoms with Gasteiger partial charge in [-0.25, -0.2) is 0 Å². The van der Waals surface area contributed by atoms with Crippen LogP contribution in [0.25, 0.3) is 0 Å². The summed E-state index contributed by atoms with van der Waals surface area (Å²) in [6.07, 6.45) is 9.53. The van der Waals surface area contributed by atoms with Crippen LogP contribution in [0.1, 0.15) is 0 Å². The van der Waals surface area contributed by atoms with Crippen LogP contribution in [0.2, 0.25) is 0 Å². The van der Waals surface area contributed by atoms with Gasteiger partial charge in [0.05, 0.1) is 10.8 Å². The van der Waals surface area contributed by atoms with Crippen molar-refractivity contribution in [2.24, 2.45) is 35.5 Å². The van der Waals surface area contributed by atoms with Gasteiger partial charge in [0.15, 0.2) is 0 Å². The molecule has 0 spiro atoms. The van der Waals surface area contributed by atoms with Gasteiger partial charge in [-0.15, -0.1) is 23.2 Å². The van der Waals surface area contributed by atoms with Crippen LogP contribution in [0, 0.1) is 35.5 Å². The van der Waals surface area contributed by atoms with Crippen LogP contribution in [0.15, 0.2) is 24.3 Å². The molecule has 0 N–H and O–H groups in total. The van der Waals surface area contributed by atoms with E-state index in [-0.39, 0.29) is 10.8 Å². The van der Waals surface area contributed by atoms with Crippen molar-refractivity contribution < 1.29 is 0 Å². The first kappa shape index (κ1) is 8.24. The average Bonchev–Trinajstić information content (AvgIpc) is 2.15. The van der Waals surface area contributed by atoms with E-state index in [4.69, 9.17) is 23.2 Å². The Labute approximate surface area is 94.0 Å². The van der Waals surface area contributed by atoms with Crippen LogP contribution in [0.5, 0.6) is 0 Å². The maximum Gasteiger partial charge on any atom is 0.0540 e. The summed E-state index contributed by atoms with van der Waals surface area (Å²) in [5.41, 5.74) is 0. The zero-order chi connectivity index (χ0) is 9.45. The third-order valence-electron chi connectivity index (χ3n) is 4.82. The topological polar surface area (TPSA) is 0 Å². The van der Waals surface area contributed by atoms with E-state index in [1.165, 1.54) is 0 Å². The molecule has 2 saturated carbocycles. The number of alkyl halides is 2. The highest BCUT2D eigenvalue weighted by Gasteiger charge is 2.63. The maximum atomic E-state index is 6.31. The summed E-state index contributed by atoms with van der Waals surface area (Å²) in [4.78, 5) is 0. The molecule has 2 heteroatoms. The molecule has 8 atom stereocenters. The van der Waals surface area contributed by atoms with Crippen molar-refractivity contribution in [2.75, 3.05) is 0 Å². The molecule has 14 heavy (non-hydrogen) atoms. The number of rotatable bonds is 0. The minimum atomic E-state index is 0.217. The van der Waals surface area contributed by atoms with Gasteiger partial charge in [0.2, 0.25) is 0 Å². The van der Waals surface area contributed by atoms with Gasteiger partial charge in [-0.05, 0) is 35.5 Å². The molecule has 2 fully saturated rings. The van der Waals surface area contributed by atoms with Crippen LogP contribution in [-0.4, -0.2) is 10.8 Å². The second-order valence-electron chi connectivity index (χ2n) is 5.12. The van der Waals surface area contributed by atoms with E-state index < -0.39 is 0 Å². The van der Waals surface area contributed by atoms with Crippen LogP contribution in [0.3, 0.4) is 0 Å². The molecule has 74 valence electrons. The van der Waals surface area contributed by atoms with Crippen molar-refractivity contribution in [3.8, 4) is 0 Å². The molecule has 0 nitrogen and oxygen atoms in total. The summed E-state index contributed by atoms with van der Waals surface area (Å²) in [6, 6.07) is 0. The zero-order valence-electron chi connectivity index (χ0n) is 7.68. The molecule has 0 aliphatic heterocycles. The normalized spacial score (nSPS) is 66.7. The van der Waals surface area contributed by atoms with Gasteiger partial charge in [0, 0.05) is 0 Å². The van der Waals surface area contributed by atoms with E-state index in [0.717, 1.165) is 11.8 Å². The molecule has 0 aromatic carbocycles. The van der Waals surface area contributed by atoms with E-state index in [9.17, 15) is 0 Å². The minimum absolute atomic E-state index is 0.217. The summed E-state index contributed by atoms with van der Waals surface area (Å²) < 4.78 is 0. The third-order valence-corrected chi connectivity index (χ3v) is 6.07. The molecular weight excluding hydrogens is 215 g/mol. The molecule has 5 aliphatic rings. The van der Waals surface area contributed by atoms with Gasteiger partial charge in [-0.1, -0.05) is 24.3 Å². The lowest BCUT2D eigenvalue weighted by Gasteiger charge is -2.64. The van der Waals surface area contributed by atoms with E-state index in [1.54, 1.807) is 0 Å². The number of halogens is 2. The van der Waals surface area contributed by atoms with Crippen molar-refractivity contribution in [3.05, 3.63) is 24.3 Å². The highest BCUT2D eigenvalue weighted by atomic mass is 35.5. The van der Waals surface area contributed by atoms with Gasteiger partial charge in [-0.2, -0.15) is 0 Å². The molecule has 0 amide bonds.